The lowest BCUT2D eigenvalue weighted by Gasteiger charge is -2.14. The fraction of sp³-hybridized carbons (Fsp3) is 0.438. The molecule has 0 aliphatic heterocycles. The van der Waals surface area contributed by atoms with Crippen LogP contribution in [-0.2, 0) is 13.6 Å². The van der Waals surface area contributed by atoms with E-state index in [1.54, 1.807) is 25.8 Å². The van der Waals surface area contributed by atoms with Crippen LogP contribution >= 0.6 is 0 Å². The first-order valence-electron chi connectivity index (χ1n) is 6.96. The first-order valence-corrected chi connectivity index (χ1v) is 6.96. The summed E-state index contributed by atoms with van der Waals surface area (Å²) in [5.41, 5.74) is 1.57. The van der Waals surface area contributed by atoms with Gasteiger partial charge in [0, 0.05) is 36.7 Å². The molecule has 1 N–H and O–H groups in total. The van der Waals surface area contributed by atoms with Crippen LogP contribution in [0.25, 0.3) is 10.9 Å². The van der Waals surface area contributed by atoms with Crippen LogP contribution in [-0.4, -0.2) is 24.8 Å². The third kappa shape index (κ3) is 3.03. The van der Waals surface area contributed by atoms with Crippen LogP contribution in [0, 0.1) is 0 Å². The SMILES string of the molecule is COc1cc2cc(CNC(C)C)c(=O)n(C)c2cc1OC. The summed E-state index contributed by atoms with van der Waals surface area (Å²) in [7, 11) is 4.96. The van der Waals surface area contributed by atoms with Gasteiger partial charge in [0.25, 0.3) is 5.56 Å². The lowest BCUT2D eigenvalue weighted by Crippen LogP contribution is -2.29. The van der Waals surface area contributed by atoms with Gasteiger partial charge in [-0.15, -0.1) is 0 Å². The van der Waals surface area contributed by atoms with Crippen LogP contribution in [0.1, 0.15) is 19.4 Å². The molecule has 1 aromatic carbocycles. The van der Waals surface area contributed by atoms with Crippen molar-refractivity contribution in [3.8, 4) is 11.5 Å². The summed E-state index contributed by atoms with van der Waals surface area (Å²) in [6.45, 7) is 4.66. The molecule has 114 valence electrons. The molecular weight excluding hydrogens is 268 g/mol. The molecule has 0 radical (unpaired) electrons. The monoisotopic (exact) mass is 290 g/mol. The number of aromatic nitrogens is 1. The van der Waals surface area contributed by atoms with Gasteiger partial charge in [-0.25, -0.2) is 0 Å². The maximum Gasteiger partial charge on any atom is 0.255 e. The number of hydrogen-bond acceptors (Lipinski definition) is 4. The van der Waals surface area contributed by atoms with Crippen molar-refractivity contribution < 1.29 is 9.47 Å². The number of nitrogens with zero attached hydrogens (tertiary/aromatic N) is 1. The highest BCUT2D eigenvalue weighted by atomic mass is 16.5. The average molecular weight is 290 g/mol. The highest BCUT2D eigenvalue weighted by molar-refractivity contribution is 5.83. The van der Waals surface area contributed by atoms with E-state index in [1.165, 1.54) is 0 Å². The molecule has 2 aromatic rings. The van der Waals surface area contributed by atoms with E-state index in [0.29, 0.717) is 24.1 Å². The van der Waals surface area contributed by atoms with Gasteiger partial charge < -0.3 is 19.4 Å². The molecule has 0 unspecified atom stereocenters. The van der Waals surface area contributed by atoms with Crippen molar-refractivity contribution in [3.05, 3.63) is 34.1 Å². The third-order valence-electron chi connectivity index (χ3n) is 3.50. The van der Waals surface area contributed by atoms with Crippen LogP contribution in [0.3, 0.4) is 0 Å². The van der Waals surface area contributed by atoms with Gasteiger partial charge in [0.1, 0.15) is 0 Å². The Kier molecular flexibility index (Phi) is 4.53. The van der Waals surface area contributed by atoms with E-state index in [9.17, 15) is 4.79 Å². The largest absolute Gasteiger partial charge is 0.493 e. The number of nitrogens with one attached hydrogen (secondary N) is 1. The Balaban J connectivity index is 2.61. The Morgan fingerprint density at radius 2 is 1.76 bits per heavy atom. The Morgan fingerprint density at radius 3 is 2.33 bits per heavy atom. The molecule has 0 spiro atoms. The predicted octanol–water partition coefficient (Wildman–Crippen LogP) is 2.05. The van der Waals surface area contributed by atoms with E-state index in [-0.39, 0.29) is 5.56 Å². The summed E-state index contributed by atoms with van der Waals surface area (Å²) in [6, 6.07) is 5.97. The Labute approximate surface area is 124 Å². The Morgan fingerprint density at radius 1 is 1.14 bits per heavy atom. The summed E-state index contributed by atoms with van der Waals surface area (Å²) in [4.78, 5) is 12.4. The molecule has 21 heavy (non-hydrogen) atoms. The first kappa shape index (κ1) is 15.4. The van der Waals surface area contributed by atoms with Gasteiger partial charge in [0.05, 0.1) is 19.7 Å². The van der Waals surface area contributed by atoms with Crippen molar-refractivity contribution >= 4 is 10.9 Å². The lowest BCUT2D eigenvalue weighted by molar-refractivity contribution is 0.355. The van der Waals surface area contributed by atoms with Crippen molar-refractivity contribution in [2.24, 2.45) is 7.05 Å². The smallest absolute Gasteiger partial charge is 0.255 e. The molecule has 1 aromatic heterocycles. The standard InChI is InChI=1S/C16H22N2O3/c1-10(2)17-9-12-6-11-7-14(20-4)15(21-5)8-13(11)18(3)16(12)19/h6-8,10,17H,9H2,1-5H3. The van der Waals surface area contributed by atoms with Gasteiger partial charge in [-0.2, -0.15) is 0 Å². The molecule has 0 saturated carbocycles. The number of methoxy groups -OCH3 is 2. The molecule has 1 heterocycles. The normalized spacial score (nSPS) is 11.1. The van der Waals surface area contributed by atoms with Gasteiger partial charge in [0.15, 0.2) is 11.5 Å². The highest BCUT2D eigenvalue weighted by Crippen LogP contribution is 2.31. The Hall–Kier alpha value is -2.01. The molecule has 0 aliphatic rings. The summed E-state index contributed by atoms with van der Waals surface area (Å²) < 4.78 is 12.3. The maximum absolute atomic E-state index is 12.4. The molecule has 0 aliphatic carbocycles. The van der Waals surface area contributed by atoms with Crippen LogP contribution in [0.15, 0.2) is 23.0 Å². The zero-order valence-electron chi connectivity index (χ0n) is 13.2. The molecule has 5 nitrogen and oxygen atoms in total. The zero-order chi connectivity index (χ0) is 15.6. The number of hydrogen-bond donors (Lipinski definition) is 1. The minimum atomic E-state index is 0.00266. The van der Waals surface area contributed by atoms with Gasteiger partial charge in [0.2, 0.25) is 0 Å². The number of pyridine rings is 1. The van der Waals surface area contributed by atoms with Crippen LogP contribution < -0.4 is 20.3 Å². The topological polar surface area (TPSA) is 52.5 Å². The van der Waals surface area contributed by atoms with E-state index in [0.717, 1.165) is 16.5 Å². The second-order valence-corrected chi connectivity index (χ2v) is 5.34. The average Bonchev–Trinajstić information content (AvgIpc) is 2.48. The van der Waals surface area contributed by atoms with Gasteiger partial charge in [-0.3, -0.25) is 4.79 Å². The number of ether oxygens (including phenoxy) is 2. The van der Waals surface area contributed by atoms with Crippen molar-refractivity contribution in [2.45, 2.75) is 26.4 Å². The quantitative estimate of drug-likeness (QED) is 0.915. The molecule has 0 saturated heterocycles. The highest BCUT2D eigenvalue weighted by Gasteiger charge is 2.11. The molecular formula is C16H22N2O3. The van der Waals surface area contributed by atoms with Gasteiger partial charge in [-0.05, 0) is 12.1 Å². The van der Waals surface area contributed by atoms with Crippen molar-refractivity contribution in [3.63, 3.8) is 0 Å². The van der Waals surface area contributed by atoms with Crippen molar-refractivity contribution in [1.82, 2.24) is 9.88 Å². The molecule has 5 heteroatoms. The number of rotatable bonds is 5. The van der Waals surface area contributed by atoms with E-state index < -0.39 is 0 Å². The van der Waals surface area contributed by atoms with Crippen molar-refractivity contribution in [2.75, 3.05) is 14.2 Å². The zero-order valence-corrected chi connectivity index (χ0v) is 13.2. The van der Waals surface area contributed by atoms with Crippen LogP contribution in [0.2, 0.25) is 0 Å². The van der Waals surface area contributed by atoms with E-state index >= 15 is 0 Å². The molecule has 0 atom stereocenters. The minimum absolute atomic E-state index is 0.00266. The van der Waals surface area contributed by atoms with E-state index in [2.05, 4.69) is 19.2 Å². The number of benzene rings is 1. The second-order valence-electron chi connectivity index (χ2n) is 5.34. The van der Waals surface area contributed by atoms with E-state index in [4.69, 9.17) is 9.47 Å². The van der Waals surface area contributed by atoms with Gasteiger partial charge in [-0.1, -0.05) is 13.8 Å². The third-order valence-corrected chi connectivity index (χ3v) is 3.50. The molecule has 2 rings (SSSR count). The molecule has 0 bridgehead atoms. The maximum atomic E-state index is 12.4. The Bertz CT molecular complexity index is 705. The number of fused-ring (bicyclic) bond motifs is 1. The van der Waals surface area contributed by atoms with Crippen LogP contribution in [0.5, 0.6) is 11.5 Å². The summed E-state index contributed by atoms with van der Waals surface area (Å²) in [6.07, 6.45) is 0. The molecule has 0 amide bonds. The first-order chi connectivity index (χ1) is 9.97. The minimum Gasteiger partial charge on any atom is -0.493 e. The summed E-state index contributed by atoms with van der Waals surface area (Å²) >= 11 is 0. The lowest BCUT2D eigenvalue weighted by atomic mass is 10.1. The fourth-order valence-corrected chi connectivity index (χ4v) is 2.31. The molecule has 0 fully saturated rings. The van der Waals surface area contributed by atoms with Crippen LogP contribution in [0.4, 0.5) is 0 Å². The van der Waals surface area contributed by atoms with E-state index in [1.807, 2.05) is 18.2 Å². The fourth-order valence-electron chi connectivity index (χ4n) is 2.31. The predicted molar refractivity (Wildman–Crippen MR) is 84.3 cm³/mol. The van der Waals surface area contributed by atoms with Gasteiger partial charge >= 0.3 is 0 Å². The summed E-state index contributed by atoms with van der Waals surface area (Å²) in [5.74, 6) is 1.28. The number of aryl methyl sites for hydroxylation is 1. The second kappa shape index (κ2) is 6.18. The van der Waals surface area contributed by atoms with Crippen molar-refractivity contribution in [1.29, 1.82) is 0 Å². The summed E-state index contributed by atoms with van der Waals surface area (Å²) in [5, 5.41) is 4.23.